The highest BCUT2D eigenvalue weighted by atomic mass is 32.2. The van der Waals surface area contributed by atoms with Crippen molar-refractivity contribution in [1.29, 1.82) is 0 Å². The molecule has 0 radical (unpaired) electrons. The van der Waals surface area contributed by atoms with Crippen LogP contribution in [-0.4, -0.2) is 38.9 Å². The van der Waals surface area contributed by atoms with Crippen molar-refractivity contribution in [3.05, 3.63) is 71.3 Å². The summed E-state index contributed by atoms with van der Waals surface area (Å²) in [6, 6.07) is 17.0. The number of primary sulfonamides is 1. The van der Waals surface area contributed by atoms with Crippen LogP contribution in [0.2, 0.25) is 0 Å². The molecule has 0 saturated carbocycles. The molecule has 6 nitrogen and oxygen atoms in total. The highest BCUT2D eigenvalue weighted by Gasteiger charge is 2.17. The molecule has 1 aliphatic rings. The van der Waals surface area contributed by atoms with E-state index in [2.05, 4.69) is 40.6 Å². The Morgan fingerprint density at radius 2 is 1.86 bits per heavy atom. The van der Waals surface area contributed by atoms with Crippen LogP contribution in [0.5, 0.6) is 0 Å². The fourth-order valence-corrected chi connectivity index (χ4v) is 3.93. The zero-order valence-electron chi connectivity index (χ0n) is 16.7. The number of nitrogens with two attached hydrogens (primary N) is 1. The van der Waals surface area contributed by atoms with Gasteiger partial charge in [-0.15, -0.1) is 0 Å². The molecular formula is C22H28N4O2S. The van der Waals surface area contributed by atoms with Gasteiger partial charge in [-0.25, -0.2) is 18.5 Å². The standard InChI is InChI=1S/C22H28N4O2S/c1-2-24-22(25-17-20-9-6-10-21(16-20)29(23,27)28)26-13-11-19(12-14-26)15-18-7-4-3-5-8-18/h3-10,15-16H,2,11-14,17H2,1H3,(H,24,25)(H2,23,27,28). The first-order valence-electron chi connectivity index (χ1n) is 9.85. The summed E-state index contributed by atoms with van der Waals surface area (Å²) >= 11 is 0. The van der Waals surface area contributed by atoms with E-state index in [0.29, 0.717) is 6.54 Å². The Morgan fingerprint density at radius 3 is 2.52 bits per heavy atom. The lowest BCUT2D eigenvalue weighted by molar-refractivity contribution is 0.375. The molecule has 0 atom stereocenters. The van der Waals surface area contributed by atoms with Crippen molar-refractivity contribution in [3.8, 4) is 0 Å². The first-order chi connectivity index (χ1) is 14.0. The molecule has 0 bridgehead atoms. The van der Waals surface area contributed by atoms with Crippen molar-refractivity contribution in [2.45, 2.75) is 31.2 Å². The maximum atomic E-state index is 11.6. The third-order valence-electron chi connectivity index (χ3n) is 4.85. The number of rotatable bonds is 5. The Labute approximate surface area is 173 Å². The maximum Gasteiger partial charge on any atom is 0.238 e. The molecule has 1 aliphatic heterocycles. The van der Waals surface area contributed by atoms with E-state index in [1.165, 1.54) is 17.2 Å². The highest BCUT2D eigenvalue weighted by molar-refractivity contribution is 7.89. The van der Waals surface area contributed by atoms with Crippen LogP contribution >= 0.6 is 0 Å². The fourth-order valence-electron chi connectivity index (χ4n) is 3.35. The number of benzene rings is 2. The molecule has 7 heteroatoms. The summed E-state index contributed by atoms with van der Waals surface area (Å²) in [5, 5.41) is 8.57. The van der Waals surface area contributed by atoms with E-state index < -0.39 is 10.0 Å². The third kappa shape index (κ3) is 6.17. The zero-order valence-corrected chi connectivity index (χ0v) is 17.5. The van der Waals surface area contributed by atoms with Crippen LogP contribution in [0.1, 0.15) is 30.9 Å². The van der Waals surface area contributed by atoms with Crippen molar-refractivity contribution in [2.24, 2.45) is 10.1 Å². The van der Waals surface area contributed by atoms with E-state index in [0.717, 1.165) is 44.0 Å². The van der Waals surface area contributed by atoms with Gasteiger partial charge >= 0.3 is 0 Å². The molecule has 0 amide bonds. The molecule has 2 aromatic carbocycles. The summed E-state index contributed by atoms with van der Waals surface area (Å²) in [5.41, 5.74) is 3.50. The Kier molecular flexibility index (Phi) is 7.06. The summed E-state index contributed by atoms with van der Waals surface area (Å²) in [4.78, 5) is 7.09. The molecular weight excluding hydrogens is 384 g/mol. The molecule has 154 valence electrons. The van der Waals surface area contributed by atoms with Gasteiger partial charge in [-0.05, 0) is 43.0 Å². The van der Waals surface area contributed by atoms with E-state index in [4.69, 9.17) is 10.1 Å². The second-order valence-electron chi connectivity index (χ2n) is 7.06. The Hall–Kier alpha value is -2.64. The Balaban J connectivity index is 1.67. The predicted molar refractivity (Wildman–Crippen MR) is 118 cm³/mol. The molecule has 3 N–H and O–H groups in total. The summed E-state index contributed by atoms with van der Waals surface area (Å²) < 4.78 is 23.1. The van der Waals surface area contributed by atoms with E-state index in [1.54, 1.807) is 12.1 Å². The minimum atomic E-state index is -3.71. The second kappa shape index (κ2) is 9.71. The number of nitrogens with zero attached hydrogens (tertiary/aromatic N) is 2. The van der Waals surface area contributed by atoms with E-state index in [1.807, 2.05) is 19.1 Å². The first-order valence-corrected chi connectivity index (χ1v) is 11.4. The average molecular weight is 413 g/mol. The van der Waals surface area contributed by atoms with Crippen LogP contribution in [-0.2, 0) is 16.6 Å². The van der Waals surface area contributed by atoms with Gasteiger partial charge in [0, 0.05) is 19.6 Å². The normalized spacial score (nSPS) is 15.3. The van der Waals surface area contributed by atoms with Crippen LogP contribution < -0.4 is 10.5 Å². The summed E-state index contributed by atoms with van der Waals surface area (Å²) in [6.07, 6.45) is 4.28. The molecule has 1 saturated heterocycles. The fraction of sp³-hybridized carbons (Fsp3) is 0.318. The van der Waals surface area contributed by atoms with Crippen LogP contribution in [0.25, 0.3) is 6.08 Å². The monoisotopic (exact) mass is 412 g/mol. The molecule has 29 heavy (non-hydrogen) atoms. The Bertz CT molecular complexity index is 975. The maximum absolute atomic E-state index is 11.6. The van der Waals surface area contributed by atoms with E-state index >= 15 is 0 Å². The minimum absolute atomic E-state index is 0.115. The van der Waals surface area contributed by atoms with Crippen LogP contribution in [0, 0.1) is 0 Å². The van der Waals surface area contributed by atoms with Gasteiger partial charge in [-0.2, -0.15) is 0 Å². The molecule has 3 rings (SSSR count). The molecule has 0 spiro atoms. The van der Waals surface area contributed by atoms with E-state index in [9.17, 15) is 8.42 Å². The van der Waals surface area contributed by atoms with Crippen molar-refractivity contribution in [2.75, 3.05) is 19.6 Å². The number of hydrogen-bond donors (Lipinski definition) is 2. The number of nitrogens with one attached hydrogen (secondary N) is 1. The van der Waals surface area contributed by atoms with Crippen LogP contribution in [0.3, 0.4) is 0 Å². The minimum Gasteiger partial charge on any atom is -0.357 e. The van der Waals surface area contributed by atoms with Crippen molar-refractivity contribution in [3.63, 3.8) is 0 Å². The van der Waals surface area contributed by atoms with Gasteiger partial charge in [0.15, 0.2) is 5.96 Å². The smallest absolute Gasteiger partial charge is 0.238 e. The summed E-state index contributed by atoms with van der Waals surface area (Å²) in [7, 11) is -3.71. The lowest BCUT2D eigenvalue weighted by Crippen LogP contribution is -2.44. The summed E-state index contributed by atoms with van der Waals surface area (Å²) in [5.74, 6) is 0.854. The summed E-state index contributed by atoms with van der Waals surface area (Å²) in [6.45, 7) is 5.03. The molecule has 0 aromatic heterocycles. The lowest BCUT2D eigenvalue weighted by Gasteiger charge is -2.31. The first kappa shape index (κ1) is 21.1. The second-order valence-corrected chi connectivity index (χ2v) is 8.62. The quantitative estimate of drug-likeness (QED) is 0.584. The van der Waals surface area contributed by atoms with Crippen molar-refractivity contribution in [1.82, 2.24) is 10.2 Å². The van der Waals surface area contributed by atoms with Crippen LogP contribution in [0.4, 0.5) is 0 Å². The van der Waals surface area contributed by atoms with Crippen molar-refractivity contribution >= 4 is 22.1 Å². The molecule has 1 fully saturated rings. The van der Waals surface area contributed by atoms with Gasteiger partial charge in [-0.1, -0.05) is 54.1 Å². The molecule has 0 aliphatic carbocycles. The number of piperidine rings is 1. The predicted octanol–water partition coefficient (Wildman–Crippen LogP) is 2.98. The number of sulfonamides is 1. The van der Waals surface area contributed by atoms with Crippen molar-refractivity contribution < 1.29 is 8.42 Å². The van der Waals surface area contributed by atoms with Gasteiger partial charge < -0.3 is 10.2 Å². The molecule has 1 heterocycles. The lowest BCUT2D eigenvalue weighted by atomic mass is 10.0. The van der Waals surface area contributed by atoms with Gasteiger partial charge in [0.2, 0.25) is 10.0 Å². The van der Waals surface area contributed by atoms with Crippen LogP contribution in [0.15, 0.2) is 70.1 Å². The number of likely N-dealkylation sites (tertiary alicyclic amines) is 1. The topological polar surface area (TPSA) is 87.8 Å². The molecule has 2 aromatic rings. The van der Waals surface area contributed by atoms with Gasteiger partial charge in [0.25, 0.3) is 0 Å². The Morgan fingerprint density at radius 1 is 1.14 bits per heavy atom. The van der Waals surface area contributed by atoms with Gasteiger partial charge in [0.05, 0.1) is 11.4 Å². The SMILES string of the molecule is CCNC(=NCc1cccc(S(N)(=O)=O)c1)N1CCC(=Cc2ccccc2)CC1. The largest absolute Gasteiger partial charge is 0.357 e. The number of hydrogen-bond acceptors (Lipinski definition) is 3. The average Bonchev–Trinajstić information content (AvgIpc) is 2.72. The van der Waals surface area contributed by atoms with Gasteiger partial charge in [0.1, 0.15) is 0 Å². The van der Waals surface area contributed by atoms with E-state index in [-0.39, 0.29) is 4.90 Å². The molecule has 0 unspecified atom stereocenters. The van der Waals surface area contributed by atoms with Gasteiger partial charge in [-0.3, -0.25) is 0 Å². The number of guanidine groups is 1. The number of aliphatic imine (C=N–C) groups is 1. The highest BCUT2D eigenvalue weighted by Crippen LogP contribution is 2.20. The third-order valence-corrected chi connectivity index (χ3v) is 5.76. The zero-order chi connectivity index (χ0) is 20.7.